The smallest absolute Gasteiger partial charge is 0.269 e. The van der Waals surface area contributed by atoms with E-state index in [1.54, 1.807) is 0 Å². The number of hydrogen-bond donors (Lipinski definition) is 1. The van der Waals surface area contributed by atoms with Gasteiger partial charge >= 0.3 is 0 Å². The van der Waals surface area contributed by atoms with Crippen molar-refractivity contribution < 1.29 is 9.72 Å². The fourth-order valence-corrected chi connectivity index (χ4v) is 3.98. The minimum Gasteiger partial charge on any atom is -0.322 e. The van der Waals surface area contributed by atoms with Crippen LogP contribution in [0.4, 0.5) is 11.4 Å². The number of nitro groups is 1. The first kappa shape index (κ1) is 21.2. The van der Waals surface area contributed by atoms with E-state index in [0.717, 1.165) is 16.8 Å². The Hall–Kier alpha value is -4.65. The fraction of sp³-hybridized carbons (Fsp3) is 0.0741. The molecule has 166 valence electrons. The zero-order valence-electron chi connectivity index (χ0n) is 18.0. The average molecular weight is 448 g/mol. The second kappa shape index (κ2) is 9.07. The number of hydrogen-bond acceptors (Lipinski definition) is 5. The van der Waals surface area contributed by atoms with Gasteiger partial charge in [-0.15, -0.1) is 0 Å². The molecule has 0 bridgehead atoms. The quantitative estimate of drug-likeness (QED) is 0.429. The molecule has 0 aromatic heterocycles. The number of nitrogens with zero attached hydrogens (tertiary/aromatic N) is 3. The number of amidine groups is 1. The van der Waals surface area contributed by atoms with E-state index < -0.39 is 4.92 Å². The maximum atomic E-state index is 12.5. The van der Waals surface area contributed by atoms with E-state index >= 15 is 0 Å². The van der Waals surface area contributed by atoms with Gasteiger partial charge in [-0.2, -0.15) is 0 Å². The second-order valence-electron chi connectivity index (χ2n) is 7.94. The number of amides is 1. The number of carbonyl (C=O) groups is 1. The second-order valence-corrected chi connectivity index (χ2v) is 7.94. The van der Waals surface area contributed by atoms with Crippen molar-refractivity contribution in [2.45, 2.75) is 6.04 Å². The molecule has 3 aromatic rings. The van der Waals surface area contributed by atoms with Crippen molar-refractivity contribution >= 4 is 28.8 Å². The van der Waals surface area contributed by atoms with Crippen LogP contribution < -0.4 is 5.32 Å². The van der Waals surface area contributed by atoms with E-state index in [2.05, 4.69) is 17.5 Å². The predicted molar refractivity (Wildman–Crippen MR) is 133 cm³/mol. The summed E-state index contributed by atoms with van der Waals surface area (Å²) in [6, 6.07) is 22.9. The van der Waals surface area contributed by atoms with Crippen LogP contribution in [0.2, 0.25) is 0 Å². The van der Waals surface area contributed by atoms with Gasteiger partial charge in [0.05, 0.1) is 16.7 Å². The SMILES string of the molecule is O=C(Nc1ccc(C2=NC(c3ccccc3)=N[C@H]3C=CC=C[C@H]23)cc1)c1ccc([N+](=O)[O-])cc1. The van der Waals surface area contributed by atoms with Gasteiger partial charge in [0.15, 0.2) is 5.84 Å². The normalized spacial score (nSPS) is 18.5. The monoisotopic (exact) mass is 448 g/mol. The number of fused-ring (bicyclic) bond motifs is 1. The van der Waals surface area contributed by atoms with Crippen LogP contribution in [0.25, 0.3) is 0 Å². The van der Waals surface area contributed by atoms with Gasteiger partial charge < -0.3 is 5.32 Å². The van der Waals surface area contributed by atoms with Gasteiger partial charge in [-0.25, -0.2) is 4.99 Å². The van der Waals surface area contributed by atoms with Gasteiger partial charge in [0.2, 0.25) is 0 Å². The third-order valence-electron chi connectivity index (χ3n) is 5.73. The lowest BCUT2D eigenvalue weighted by Crippen LogP contribution is -2.31. The van der Waals surface area contributed by atoms with Crippen LogP contribution in [0.3, 0.4) is 0 Å². The Morgan fingerprint density at radius 2 is 1.56 bits per heavy atom. The number of aliphatic imine (C=N–C) groups is 2. The molecular weight excluding hydrogens is 428 g/mol. The lowest BCUT2D eigenvalue weighted by molar-refractivity contribution is -0.384. The molecule has 1 aliphatic carbocycles. The Morgan fingerprint density at radius 3 is 2.26 bits per heavy atom. The summed E-state index contributed by atoms with van der Waals surface area (Å²) in [5.41, 5.74) is 3.75. The van der Waals surface area contributed by atoms with Gasteiger partial charge in [-0.1, -0.05) is 66.8 Å². The molecule has 2 atom stereocenters. The molecule has 1 N–H and O–H groups in total. The molecule has 0 saturated carbocycles. The molecule has 0 radical (unpaired) electrons. The van der Waals surface area contributed by atoms with Crippen molar-refractivity contribution in [1.82, 2.24) is 0 Å². The standard InChI is InChI=1S/C27H20N4O3/c32-27(20-12-16-22(17-13-20)31(33)34)28-21-14-10-18(11-15-21)25-23-8-4-5-9-24(23)29-26(30-25)19-6-2-1-3-7-19/h1-17,23-24H,(H,28,32)/t23-,24-/m0/s1. The van der Waals surface area contributed by atoms with Crippen molar-refractivity contribution in [1.29, 1.82) is 0 Å². The predicted octanol–water partition coefficient (Wildman–Crippen LogP) is 5.21. The molecule has 0 fully saturated rings. The summed E-state index contributed by atoms with van der Waals surface area (Å²) in [6.07, 6.45) is 8.21. The highest BCUT2D eigenvalue weighted by Gasteiger charge is 2.29. The Kier molecular flexibility index (Phi) is 5.66. The molecule has 2 aliphatic rings. The first-order valence-corrected chi connectivity index (χ1v) is 10.8. The van der Waals surface area contributed by atoms with Crippen molar-refractivity contribution in [2.75, 3.05) is 5.32 Å². The molecule has 0 unspecified atom stereocenters. The van der Waals surface area contributed by atoms with Crippen molar-refractivity contribution in [2.24, 2.45) is 15.9 Å². The molecule has 0 saturated heterocycles. The summed E-state index contributed by atoms with van der Waals surface area (Å²) in [7, 11) is 0. The average Bonchev–Trinajstić information content (AvgIpc) is 2.89. The van der Waals surface area contributed by atoms with Gasteiger partial charge in [-0.3, -0.25) is 19.9 Å². The number of carbonyl (C=O) groups excluding carboxylic acids is 1. The summed E-state index contributed by atoms with van der Waals surface area (Å²) in [5.74, 6) is 0.405. The summed E-state index contributed by atoms with van der Waals surface area (Å²) < 4.78 is 0. The van der Waals surface area contributed by atoms with Crippen LogP contribution in [0.1, 0.15) is 21.5 Å². The molecule has 34 heavy (non-hydrogen) atoms. The number of non-ortho nitro benzene ring substituents is 1. The van der Waals surface area contributed by atoms with Crippen LogP contribution in [-0.4, -0.2) is 28.4 Å². The minimum absolute atomic E-state index is 0.0192. The van der Waals surface area contributed by atoms with Crippen LogP contribution in [0.5, 0.6) is 0 Å². The van der Waals surface area contributed by atoms with E-state index in [4.69, 9.17) is 9.98 Å². The number of rotatable bonds is 5. The first-order chi connectivity index (χ1) is 16.6. The van der Waals surface area contributed by atoms with E-state index in [1.165, 1.54) is 24.3 Å². The molecule has 1 heterocycles. The maximum Gasteiger partial charge on any atom is 0.269 e. The van der Waals surface area contributed by atoms with E-state index in [1.807, 2.05) is 66.7 Å². The third-order valence-corrected chi connectivity index (χ3v) is 5.73. The van der Waals surface area contributed by atoms with Crippen LogP contribution in [0.15, 0.2) is 113 Å². The van der Waals surface area contributed by atoms with E-state index in [9.17, 15) is 14.9 Å². The number of nitro benzene ring substituents is 1. The first-order valence-electron chi connectivity index (χ1n) is 10.8. The van der Waals surface area contributed by atoms with Gasteiger partial charge in [0, 0.05) is 34.9 Å². The number of anilines is 1. The van der Waals surface area contributed by atoms with Crippen molar-refractivity contribution in [3.8, 4) is 0 Å². The van der Waals surface area contributed by atoms with Gasteiger partial charge in [0.1, 0.15) is 0 Å². The molecule has 5 rings (SSSR count). The highest BCUT2D eigenvalue weighted by molar-refractivity contribution is 6.16. The largest absolute Gasteiger partial charge is 0.322 e. The minimum atomic E-state index is -0.496. The molecule has 1 aliphatic heterocycles. The zero-order valence-corrected chi connectivity index (χ0v) is 18.0. The lowest BCUT2D eigenvalue weighted by atomic mass is 9.86. The molecule has 7 heteroatoms. The highest BCUT2D eigenvalue weighted by Crippen LogP contribution is 2.28. The number of allylic oxidation sites excluding steroid dienone is 2. The number of benzene rings is 3. The molecule has 3 aromatic carbocycles. The zero-order chi connectivity index (χ0) is 23.5. The van der Waals surface area contributed by atoms with Gasteiger partial charge in [-0.05, 0) is 29.8 Å². The maximum absolute atomic E-state index is 12.5. The van der Waals surface area contributed by atoms with Crippen LogP contribution in [-0.2, 0) is 0 Å². The Balaban J connectivity index is 1.38. The summed E-state index contributed by atoms with van der Waals surface area (Å²) in [6.45, 7) is 0. The van der Waals surface area contributed by atoms with E-state index in [-0.39, 0.29) is 23.6 Å². The molecule has 1 amide bonds. The molecular formula is C27H20N4O3. The Labute approximate surface area is 196 Å². The summed E-state index contributed by atoms with van der Waals surface area (Å²) >= 11 is 0. The van der Waals surface area contributed by atoms with Gasteiger partial charge in [0.25, 0.3) is 11.6 Å². The summed E-state index contributed by atoms with van der Waals surface area (Å²) in [5, 5.41) is 13.6. The van der Waals surface area contributed by atoms with Crippen molar-refractivity contribution in [3.05, 3.63) is 130 Å². The van der Waals surface area contributed by atoms with Crippen LogP contribution in [0, 0.1) is 16.0 Å². The summed E-state index contributed by atoms with van der Waals surface area (Å²) in [4.78, 5) is 32.6. The van der Waals surface area contributed by atoms with E-state index in [0.29, 0.717) is 17.1 Å². The fourth-order valence-electron chi connectivity index (χ4n) is 3.98. The molecule has 0 spiro atoms. The van der Waals surface area contributed by atoms with Crippen LogP contribution >= 0.6 is 0 Å². The molecule has 7 nitrogen and oxygen atoms in total. The highest BCUT2D eigenvalue weighted by atomic mass is 16.6. The van der Waals surface area contributed by atoms with Crippen molar-refractivity contribution in [3.63, 3.8) is 0 Å². The topological polar surface area (TPSA) is 97.0 Å². The third kappa shape index (κ3) is 4.31. The lowest BCUT2D eigenvalue weighted by Gasteiger charge is -2.27. The Morgan fingerprint density at radius 1 is 0.853 bits per heavy atom. The number of nitrogens with one attached hydrogen (secondary N) is 1. The Bertz CT molecular complexity index is 1360.